The van der Waals surface area contributed by atoms with Crippen LogP contribution < -0.4 is 5.73 Å². The molecule has 0 atom stereocenters. The van der Waals surface area contributed by atoms with Crippen molar-refractivity contribution in [2.75, 3.05) is 5.73 Å². The van der Waals surface area contributed by atoms with Crippen LogP contribution in [0.5, 0.6) is 0 Å². The third kappa shape index (κ3) is 1.61. The number of fused-ring (bicyclic) bond motifs is 1. The number of nitrogen functional groups attached to an aromatic ring is 1. The molecule has 3 nitrogen and oxygen atoms in total. The van der Waals surface area contributed by atoms with E-state index in [2.05, 4.69) is 37.9 Å². The molecule has 92 valence electrons. The van der Waals surface area contributed by atoms with Gasteiger partial charge in [0.15, 0.2) is 4.96 Å². The molecule has 0 fully saturated rings. The molecule has 0 aliphatic heterocycles. The molecular weight excluding hydrogens is 242 g/mol. The van der Waals surface area contributed by atoms with Gasteiger partial charge >= 0.3 is 0 Å². The second-order valence-corrected chi connectivity index (χ2v) is 5.53. The largest absolute Gasteiger partial charge is 0.384 e. The molecule has 2 heterocycles. The number of aryl methyl sites for hydroxylation is 3. The SMILES string of the molecule is Cc1cc(C)c(-c2cn3c(N)csc3n2)cc1C. The van der Waals surface area contributed by atoms with E-state index in [-0.39, 0.29) is 0 Å². The maximum atomic E-state index is 5.89. The molecule has 1 aromatic carbocycles. The van der Waals surface area contributed by atoms with Gasteiger partial charge in [-0.3, -0.25) is 4.40 Å². The van der Waals surface area contributed by atoms with Gasteiger partial charge in [0.1, 0.15) is 5.82 Å². The first-order valence-electron chi connectivity index (χ1n) is 5.86. The second kappa shape index (κ2) is 3.85. The highest BCUT2D eigenvalue weighted by atomic mass is 32.1. The minimum absolute atomic E-state index is 0.746. The van der Waals surface area contributed by atoms with Gasteiger partial charge in [0.25, 0.3) is 0 Å². The highest BCUT2D eigenvalue weighted by Gasteiger charge is 2.10. The van der Waals surface area contributed by atoms with Gasteiger partial charge in [0.2, 0.25) is 0 Å². The molecule has 0 spiro atoms. The minimum atomic E-state index is 0.746. The zero-order chi connectivity index (χ0) is 12.9. The van der Waals surface area contributed by atoms with Crippen molar-refractivity contribution in [3.05, 3.63) is 40.4 Å². The van der Waals surface area contributed by atoms with E-state index in [1.54, 1.807) is 11.3 Å². The van der Waals surface area contributed by atoms with Gasteiger partial charge < -0.3 is 5.73 Å². The van der Waals surface area contributed by atoms with Gasteiger partial charge in [0.05, 0.1) is 5.69 Å². The summed E-state index contributed by atoms with van der Waals surface area (Å²) in [5, 5.41) is 1.92. The van der Waals surface area contributed by atoms with Crippen LogP contribution in [0, 0.1) is 20.8 Å². The van der Waals surface area contributed by atoms with Gasteiger partial charge in [-0.25, -0.2) is 4.98 Å². The molecule has 0 aliphatic rings. The summed E-state index contributed by atoms with van der Waals surface area (Å²) in [5.74, 6) is 0.746. The van der Waals surface area contributed by atoms with Crippen molar-refractivity contribution in [2.45, 2.75) is 20.8 Å². The molecule has 0 bridgehead atoms. The quantitative estimate of drug-likeness (QED) is 0.724. The Morgan fingerprint density at radius 3 is 2.56 bits per heavy atom. The van der Waals surface area contributed by atoms with E-state index in [9.17, 15) is 0 Å². The fraction of sp³-hybridized carbons (Fsp3) is 0.214. The third-order valence-electron chi connectivity index (χ3n) is 3.35. The number of hydrogen-bond donors (Lipinski definition) is 1. The highest BCUT2D eigenvalue weighted by Crippen LogP contribution is 2.28. The van der Waals surface area contributed by atoms with Crippen LogP contribution in [0.15, 0.2) is 23.7 Å². The van der Waals surface area contributed by atoms with Crippen LogP contribution in [-0.4, -0.2) is 9.38 Å². The molecule has 2 N–H and O–H groups in total. The molecule has 0 saturated heterocycles. The van der Waals surface area contributed by atoms with Gasteiger partial charge in [-0.05, 0) is 43.5 Å². The number of imidazole rings is 1. The van der Waals surface area contributed by atoms with Gasteiger partial charge in [-0.15, -0.1) is 11.3 Å². The molecule has 0 amide bonds. The standard InChI is InChI=1S/C14H15N3S/c1-8-4-10(3)11(5-9(8)2)12-6-17-13(15)7-18-14(17)16-12/h4-7H,15H2,1-3H3. The zero-order valence-corrected chi connectivity index (χ0v) is 11.5. The summed E-state index contributed by atoms with van der Waals surface area (Å²) >= 11 is 1.57. The fourth-order valence-electron chi connectivity index (χ4n) is 2.17. The topological polar surface area (TPSA) is 43.3 Å². The predicted octanol–water partition coefficient (Wildman–Crippen LogP) is 3.57. The molecule has 0 radical (unpaired) electrons. The number of benzene rings is 1. The van der Waals surface area contributed by atoms with Crippen LogP contribution in [0.1, 0.15) is 16.7 Å². The van der Waals surface area contributed by atoms with E-state index in [0.717, 1.165) is 16.5 Å². The Morgan fingerprint density at radius 2 is 1.83 bits per heavy atom. The lowest BCUT2D eigenvalue weighted by molar-refractivity contribution is 1.24. The average Bonchev–Trinajstić information content (AvgIpc) is 2.87. The van der Waals surface area contributed by atoms with Crippen molar-refractivity contribution in [2.24, 2.45) is 0 Å². The van der Waals surface area contributed by atoms with Crippen molar-refractivity contribution in [3.63, 3.8) is 0 Å². The molecule has 3 aromatic rings. The monoisotopic (exact) mass is 257 g/mol. The van der Waals surface area contributed by atoms with Crippen molar-refractivity contribution in [3.8, 4) is 11.3 Å². The van der Waals surface area contributed by atoms with Gasteiger partial charge in [-0.2, -0.15) is 0 Å². The molecule has 0 unspecified atom stereocenters. The number of nitrogens with two attached hydrogens (primary N) is 1. The molecule has 4 heteroatoms. The maximum Gasteiger partial charge on any atom is 0.195 e. The molecule has 2 aromatic heterocycles. The summed E-state index contributed by atoms with van der Waals surface area (Å²) < 4.78 is 1.94. The first-order chi connectivity index (χ1) is 8.56. The summed E-state index contributed by atoms with van der Waals surface area (Å²) in [7, 11) is 0. The van der Waals surface area contributed by atoms with Crippen LogP contribution in [-0.2, 0) is 0 Å². The Kier molecular flexibility index (Phi) is 2.41. The van der Waals surface area contributed by atoms with E-state index in [0.29, 0.717) is 0 Å². The van der Waals surface area contributed by atoms with Crippen LogP contribution in [0.25, 0.3) is 16.2 Å². The van der Waals surface area contributed by atoms with Gasteiger partial charge in [0, 0.05) is 17.1 Å². The highest BCUT2D eigenvalue weighted by molar-refractivity contribution is 7.15. The Balaban J connectivity index is 2.22. The lowest BCUT2D eigenvalue weighted by Gasteiger charge is -2.07. The first kappa shape index (κ1) is 11.3. The summed E-state index contributed by atoms with van der Waals surface area (Å²) in [6.07, 6.45) is 2.01. The van der Waals surface area contributed by atoms with E-state index in [4.69, 9.17) is 5.73 Å². The summed E-state index contributed by atoms with van der Waals surface area (Å²) in [4.78, 5) is 5.58. The lowest BCUT2D eigenvalue weighted by atomic mass is 9.99. The number of thiazole rings is 1. The average molecular weight is 257 g/mol. The maximum absolute atomic E-state index is 5.89. The third-order valence-corrected chi connectivity index (χ3v) is 4.21. The minimum Gasteiger partial charge on any atom is -0.384 e. The molecule has 3 rings (SSSR count). The van der Waals surface area contributed by atoms with Crippen molar-refractivity contribution < 1.29 is 0 Å². The number of anilines is 1. The smallest absolute Gasteiger partial charge is 0.195 e. The molecular formula is C14H15N3S. The van der Waals surface area contributed by atoms with Gasteiger partial charge in [-0.1, -0.05) is 6.07 Å². The van der Waals surface area contributed by atoms with E-state index in [1.165, 1.54) is 22.3 Å². The van der Waals surface area contributed by atoms with Crippen molar-refractivity contribution in [1.82, 2.24) is 9.38 Å². The van der Waals surface area contributed by atoms with E-state index < -0.39 is 0 Å². The van der Waals surface area contributed by atoms with E-state index in [1.807, 2.05) is 16.0 Å². The zero-order valence-electron chi connectivity index (χ0n) is 10.7. The van der Waals surface area contributed by atoms with Crippen molar-refractivity contribution in [1.29, 1.82) is 0 Å². The summed E-state index contributed by atoms with van der Waals surface area (Å²) in [5.41, 5.74) is 11.9. The molecule has 0 saturated carbocycles. The normalized spacial score (nSPS) is 11.3. The molecule has 0 aliphatic carbocycles. The summed E-state index contributed by atoms with van der Waals surface area (Å²) in [6.45, 7) is 6.39. The number of hydrogen-bond acceptors (Lipinski definition) is 3. The van der Waals surface area contributed by atoms with Crippen LogP contribution in [0.3, 0.4) is 0 Å². The number of rotatable bonds is 1. The number of nitrogens with zero attached hydrogens (tertiary/aromatic N) is 2. The van der Waals surface area contributed by atoms with Crippen LogP contribution >= 0.6 is 11.3 Å². The van der Waals surface area contributed by atoms with E-state index >= 15 is 0 Å². The van der Waals surface area contributed by atoms with Crippen LogP contribution in [0.2, 0.25) is 0 Å². The molecule has 18 heavy (non-hydrogen) atoms. The Morgan fingerprint density at radius 1 is 1.11 bits per heavy atom. The lowest BCUT2D eigenvalue weighted by Crippen LogP contribution is -1.90. The second-order valence-electron chi connectivity index (χ2n) is 4.69. The number of aromatic nitrogens is 2. The first-order valence-corrected chi connectivity index (χ1v) is 6.74. The van der Waals surface area contributed by atoms with Crippen LogP contribution in [0.4, 0.5) is 5.82 Å². The Bertz CT molecular complexity index is 737. The Hall–Kier alpha value is -1.81. The Labute approximate surface area is 110 Å². The fourth-order valence-corrected chi connectivity index (χ4v) is 2.93. The predicted molar refractivity (Wildman–Crippen MR) is 77.1 cm³/mol. The summed E-state index contributed by atoms with van der Waals surface area (Å²) in [6, 6.07) is 4.41. The van der Waals surface area contributed by atoms with Crippen molar-refractivity contribution >= 4 is 22.1 Å².